The summed E-state index contributed by atoms with van der Waals surface area (Å²) in [6, 6.07) is 1.87. The largest absolute Gasteiger partial charge is 0.508 e. The summed E-state index contributed by atoms with van der Waals surface area (Å²) in [7, 11) is 0. The van der Waals surface area contributed by atoms with E-state index < -0.39 is 60.7 Å². The first kappa shape index (κ1) is 29.6. The minimum Gasteiger partial charge on any atom is -0.508 e. The Kier molecular flexibility index (Phi) is 12.2. The summed E-state index contributed by atoms with van der Waals surface area (Å²) in [5.41, 5.74) is 21.5. The first-order valence-corrected chi connectivity index (χ1v) is 10.9. The number of carboxylic acid groups (broad SMARTS) is 1. The number of carboxylic acids is 1. The van der Waals surface area contributed by atoms with Gasteiger partial charge in [0.05, 0.1) is 13.0 Å². The summed E-state index contributed by atoms with van der Waals surface area (Å²) in [6.07, 6.45) is -0.443. The fourth-order valence-corrected chi connectivity index (χ4v) is 3.05. The number of amides is 4. The van der Waals surface area contributed by atoms with E-state index in [0.717, 1.165) is 0 Å². The topological polar surface area (TPSA) is 278 Å². The van der Waals surface area contributed by atoms with E-state index in [-0.39, 0.29) is 37.5 Å². The Morgan fingerprint density at radius 3 is 2.00 bits per heavy atom. The molecule has 0 radical (unpaired) electrons. The van der Waals surface area contributed by atoms with Crippen LogP contribution < -0.4 is 38.9 Å². The maximum Gasteiger partial charge on any atom is 0.326 e. The molecule has 36 heavy (non-hydrogen) atoms. The van der Waals surface area contributed by atoms with Crippen LogP contribution in [0.2, 0.25) is 0 Å². The lowest BCUT2D eigenvalue weighted by molar-refractivity contribution is -0.143. The molecule has 4 amide bonds. The highest BCUT2D eigenvalue weighted by atomic mass is 16.4. The molecule has 0 heterocycles. The zero-order valence-electron chi connectivity index (χ0n) is 19.5. The van der Waals surface area contributed by atoms with Crippen LogP contribution in [0.4, 0.5) is 0 Å². The van der Waals surface area contributed by atoms with Crippen LogP contribution in [0.3, 0.4) is 0 Å². The summed E-state index contributed by atoms with van der Waals surface area (Å²) in [5.74, 6) is -4.89. The Bertz CT molecular complexity index is 964. The number of hydrogen-bond donors (Lipinski definition) is 9. The fraction of sp³-hybridized carbons (Fsp3) is 0.429. The van der Waals surface area contributed by atoms with Crippen molar-refractivity contribution in [3.63, 3.8) is 0 Å². The van der Waals surface area contributed by atoms with Gasteiger partial charge in [0.15, 0.2) is 5.96 Å². The summed E-state index contributed by atoms with van der Waals surface area (Å²) in [5, 5.41) is 25.9. The SMILES string of the molecule is NCC(=O)NC(Cc1ccc(O)cc1)C(=O)NC(CCCN=C(N)N)C(=O)NC(CC(N)=O)C(=O)O. The van der Waals surface area contributed by atoms with Gasteiger partial charge in [-0.25, -0.2) is 4.79 Å². The Balaban J connectivity index is 3.09. The van der Waals surface area contributed by atoms with Gasteiger partial charge in [0, 0.05) is 13.0 Å². The van der Waals surface area contributed by atoms with Gasteiger partial charge in [-0.1, -0.05) is 12.1 Å². The summed E-state index contributed by atoms with van der Waals surface area (Å²) < 4.78 is 0. The number of nitrogens with zero attached hydrogens (tertiary/aromatic N) is 1. The molecule has 0 saturated heterocycles. The van der Waals surface area contributed by atoms with Crippen molar-refractivity contribution in [2.45, 2.75) is 43.8 Å². The van der Waals surface area contributed by atoms with Crippen molar-refractivity contribution in [3.8, 4) is 5.75 Å². The average molecular weight is 509 g/mol. The van der Waals surface area contributed by atoms with Crippen molar-refractivity contribution in [2.75, 3.05) is 13.1 Å². The fourth-order valence-electron chi connectivity index (χ4n) is 3.05. The maximum atomic E-state index is 13.1. The first-order chi connectivity index (χ1) is 16.9. The predicted molar refractivity (Wildman–Crippen MR) is 128 cm³/mol. The number of carbonyl (C=O) groups excluding carboxylic acids is 4. The van der Waals surface area contributed by atoms with Gasteiger partial charge < -0.3 is 49.1 Å². The molecule has 0 saturated carbocycles. The Morgan fingerprint density at radius 2 is 1.47 bits per heavy atom. The second-order valence-corrected chi connectivity index (χ2v) is 7.77. The summed E-state index contributed by atoms with van der Waals surface area (Å²) in [4.78, 5) is 64.2. The number of phenols is 1. The molecule has 1 rings (SSSR count). The van der Waals surface area contributed by atoms with E-state index in [1.54, 1.807) is 12.1 Å². The van der Waals surface area contributed by atoms with E-state index in [1.165, 1.54) is 12.1 Å². The standard InChI is InChI=1S/C21H32N8O7/c22-10-17(32)27-14(8-11-3-5-12(30)6-4-11)19(34)28-13(2-1-7-26-21(24)25)18(33)29-15(20(35)36)9-16(23)31/h3-6,13-15,30H,1-2,7-10,22H2,(H2,23,31)(H,27,32)(H,28,34)(H,29,33)(H,35,36)(H4,24,25,26). The van der Waals surface area contributed by atoms with Gasteiger partial charge in [-0.2, -0.15) is 0 Å². The number of aliphatic imine (C=N–C) groups is 1. The number of aromatic hydroxyl groups is 1. The molecule has 1 aromatic carbocycles. The number of hydrogen-bond acceptors (Lipinski definition) is 8. The minimum atomic E-state index is -1.61. The second kappa shape index (κ2) is 14.8. The van der Waals surface area contributed by atoms with Crippen LogP contribution in [0.25, 0.3) is 0 Å². The van der Waals surface area contributed by atoms with Crippen molar-refractivity contribution in [3.05, 3.63) is 29.8 Å². The number of benzene rings is 1. The van der Waals surface area contributed by atoms with Crippen LogP contribution in [0, 0.1) is 0 Å². The first-order valence-electron chi connectivity index (χ1n) is 10.9. The molecular formula is C21H32N8O7. The zero-order chi connectivity index (χ0) is 27.3. The quantitative estimate of drug-likeness (QED) is 0.0636. The number of nitrogens with two attached hydrogens (primary N) is 4. The van der Waals surface area contributed by atoms with Crippen LogP contribution in [-0.4, -0.2) is 77.0 Å². The van der Waals surface area contributed by atoms with E-state index in [1.807, 2.05) is 0 Å². The molecule has 3 unspecified atom stereocenters. The predicted octanol–water partition coefficient (Wildman–Crippen LogP) is -3.64. The molecule has 0 fully saturated rings. The molecule has 0 aliphatic heterocycles. The molecule has 15 heteroatoms. The third kappa shape index (κ3) is 11.1. The van der Waals surface area contributed by atoms with Gasteiger partial charge in [0.1, 0.15) is 23.9 Å². The number of phenolic OH excluding ortho intramolecular Hbond substituents is 1. The molecule has 1 aromatic rings. The van der Waals surface area contributed by atoms with E-state index in [9.17, 15) is 34.2 Å². The highest BCUT2D eigenvalue weighted by molar-refractivity contribution is 5.94. The molecule has 0 bridgehead atoms. The number of carbonyl (C=O) groups is 5. The van der Waals surface area contributed by atoms with Gasteiger partial charge >= 0.3 is 5.97 Å². The van der Waals surface area contributed by atoms with E-state index in [4.69, 9.17) is 22.9 Å². The van der Waals surface area contributed by atoms with Gasteiger partial charge in [-0.05, 0) is 30.5 Å². The van der Waals surface area contributed by atoms with E-state index >= 15 is 0 Å². The summed E-state index contributed by atoms with van der Waals surface area (Å²) >= 11 is 0. The Morgan fingerprint density at radius 1 is 0.889 bits per heavy atom. The summed E-state index contributed by atoms with van der Waals surface area (Å²) in [6.45, 7) is -0.276. The lowest BCUT2D eigenvalue weighted by Crippen LogP contribution is -2.57. The van der Waals surface area contributed by atoms with Gasteiger partial charge in [0.2, 0.25) is 23.6 Å². The molecule has 3 atom stereocenters. The maximum absolute atomic E-state index is 13.1. The van der Waals surface area contributed by atoms with Gasteiger partial charge in [-0.3, -0.25) is 24.2 Å². The smallest absolute Gasteiger partial charge is 0.326 e. The highest BCUT2D eigenvalue weighted by Crippen LogP contribution is 2.12. The van der Waals surface area contributed by atoms with E-state index in [2.05, 4.69) is 20.9 Å². The number of nitrogens with one attached hydrogen (secondary N) is 3. The van der Waals surface area contributed by atoms with Crippen LogP contribution in [0.15, 0.2) is 29.3 Å². The van der Waals surface area contributed by atoms with Crippen LogP contribution in [0.1, 0.15) is 24.8 Å². The van der Waals surface area contributed by atoms with Crippen molar-refractivity contribution in [1.82, 2.24) is 16.0 Å². The Hall–Kier alpha value is -4.40. The molecular weight excluding hydrogens is 476 g/mol. The molecule has 198 valence electrons. The zero-order valence-corrected chi connectivity index (χ0v) is 19.5. The normalized spacial score (nSPS) is 12.9. The number of rotatable bonds is 15. The highest BCUT2D eigenvalue weighted by Gasteiger charge is 2.30. The third-order valence-electron chi connectivity index (χ3n) is 4.81. The monoisotopic (exact) mass is 508 g/mol. The molecule has 0 spiro atoms. The van der Waals surface area contributed by atoms with Crippen LogP contribution in [0.5, 0.6) is 5.75 Å². The van der Waals surface area contributed by atoms with Gasteiger partial charge in [0.25, 0.3) is 0 Å². The minimum absolute atomic E-state index is 0.000378. The van der Waals surface area contributed by atoms with Crippen molar-refractivity contribution >= 4 is 35.6 Å². The molecule has 15 nitrogen and oxygen atoms in total. The molecule has 0 aliphatic rings. The van der Waals surface area contributed by atoms with Crippen molar-refractivity contribution < 1.29 is 34.2 Å². The van der Waals surface area contributed by atoms with Crippen LogP contribution >= 0.6 is 0 Å². The van der Waals surface area contributed by atoms with Crippen molar-refractivity contribution in [2.24, 2.45) is 27.9 Å². The van der Waals surface area contributed by atoms with Crippen LogP contribution in [-0.2, 0) is 30.4 Å². The molecule has 0 aliphatic carbocycles. The Labute approximate surface area is 206 Å². The lowest BCUT2D eigenvalue weighted by atomic mass is 10.0. The number of guanidine groups is 1. The lowest BCUT2D eigenvalue weighted by Gasteiger charge is -2.24. The van der Waals surface area contributed by atoms with Gasteiger partial charge in [-0.15, -0.1) is 0 Å². The van der Waals surface area contributed by atoms with Crippen molar-refractivity contribution in [1.29, 1.82) is 0 Å². The third-order valence-corrected chi connectivity index (χ3v) is 4.81. The molecule has 0 aromatic heterocycles. The van der Waals surface area contributed by atoms with E-state index in [0.29, 0.717) is 5.56 Å². The number of primary amides is 1. The average Bonchev–Trinajstić information content (AvgIpc) is 2.80. The number of aliphatic carboxylic acids is 1. The second-order valence-electron chi connectivity index (χ2n) is 7.77. The molecule has 13 N–H and O–H groups in total.